The molecule has 28 heavy (non-hydrogen) atoms. The van der Waals surface area contributed by atoms with Crippen molar-refractivity contribution in [2.45, 2.75) is 25.0 Å². The SMILES string of the molecule is COc1ccc(C[C@H](N)CNC2=CCC(c3ccc4cnccc4c3)O2)cc1. The molecule has 2 aromatic carbocycles. The highest BCUT2D eigenvalue weighted by atomic mass is 16.5. The van der Waals surface area contributed by atoms with Crippen LogP contribution in [0.15, 0.2) is 72.9 Å². The van der Waals surface area contributed by atoms with Crippen molar-refractivity contribution in [3.63, 3.8) is 0 Å². The lowest BCUT2D eigenvalue weighted by molar-refractivity contribution is 0.129. The predicted octanol–water partition coefficient (Wildman–Crippen LogP) is 3.71. The Morgan fingerprint density at radius 2 is 2.04 bits per heavy atom. The molecule has 4 rings (SSSR count). The molecular weight excluding hydrogens is 350 g/mol. The molecule has 0 spiro atoms. The summed E-state index contributed by atoms with van der Waals surface area (Å²) in [7, 11) is 1.67. The van der Waals surface area contributed by atoms with Crippen LogP contribution in [0.3, 0.4) is 0 Å². The van der Waals surface area contributed by atoms with Gasteiger partial charge in [0, 0.05) is 36.8 Å². The number of rotatable bonds is 7. The molecule has 1 aliphatic heterocycles. The number of aromatic nitrogens is 1. The molecule has 0 radical (unpaired) electrons. The van der Waals surface area contributed by atoms with Gasteiger partial charge >= 0.3 is 0 Å². The zero-order valence-electron chi connectivity index (χ0n) is 16.0. The lowest BCUT2D eigenvalue weighted by Crippen LogP contribution is -2.35. The molecule has 0 saturated heterocycles. The van der Waals surface area contributed by atoms with E-state index in [0.29, 0.717) is 6.54 Å². The molecule has 144 valence electrons. The maximum atomic E-state index is 6.28. The third-order valence-electron chi connectivity index (χ3n) is 5.02. The van der Waals surface area contributed by atoms with E-state index < -0.39 is 0 Å². The number of fused-ring (bicyclic) bond motifs is 1. The molecule has 0 saturated carbocycles. The summed E-state index contributed by atoms with van der Waals surface area (Å²) in [6, 6.07) is 16.4. The molecule has 0 fully saturated rings. The average molecular weight is 375 g/mol. The van der Waals surface area contributed by atoms with E-state index in [4.69, 9.17) is 15.2 Å². The Kier molecular flexibility index (Phi) is 5.44. The van der Waals surface area contributed by atoms with Crippen LogP contribution in [0.1, 0.15) is 23.7 Å². The van der Waals surface area contributed by atoms with Crippen molar-refractivity contribution in [2.24, 2.45) is 5.73 Å². The highest BCUT2D eigenvalue weighted by Gasteiger charge is 2.20. The Bertz CT molecular complexity index is 969. The molecule has 3 aromatic rings. The van der Waals surface area contributed by atoms with E-state index in [1.165, 1.54) is 16.5 Å². The lowest BCUT2D eigenvalue weighted by Gasteiger charge is -2.17. The highest BCUT2D eigenvalue weighted by molar-refractivity contribution is 5.82. The minimum absolute atomic E-state index is 0.00473. The molecule has 1 aromatic heterocycles. The molecule has 0 bridgehead atoms. The molecule has 0 aliphatic carbocycles. The Hall–Kier alpha value is -3.05. The third kappa shape index (κ3) is 4.26. The van der Waals surface area contributed by atoms with Gasteiger partial charge in [-0.3, -0.25) is 4.98 Å². The number of nitrogens with zero attached hydrogens (tertiary/aromatic N) is 1. The fraction of sp³-hybridized carbons (Fsp3) is 0.261. The van der Waals surface area contributed by atoms with Crippen molar-refractivity contribution in [1.82, 2.24) is 10.3 Å². The highest BCUT2D eigenvalue weighted by Crippen LogP contribution is 2.31. The van der Waals surface area contributed by atoms with Gasteiger partial charge in [-0.15, -0.1) is 0 Å². The van der Waals surface area contributed by atoms with Gasteiger partial charge in [-0.1, -0.05) is 24.3 Å². The number of methoxy groups -OCH3 is 1. The summed E-state index contributed by atoms with van der Waals surface area (Å²) >= 11 is 0. The van der Waals surface area contributed by atoms with Crippen LogP contribution in [-0.4, -0.2) is 24.7 Å². The van der Waals surface area contributed by atoms with E-state index in [0.717, 1.165) is 29.9 Å². The number of benzene rings is 2. The maximum absolute atomic E-state index is 6.28. The molecule has 1 aliphatic rings. The van der Waals surface area contributed by atoms with Gasteiger partial charge in [-0.25, -0.2) is 0 Å². The summed E-state index contributed by atoms with van der Waals surface area (Å²) in [6.45, 7) is 0.661. The first-order valence-corrected chi connectivity index (χ1v) is 9.54. The van der Waals surface area contributed by atoms with E-state index in [1.54, 1.807) is 7.11 Å². The average Bonchev–Trinajstić information content (AvgIpc) is 3.21. The topological polar surface area (TPSA) is 69.4 Å². The Morgan fingerprint density at radius 3 is 2.86 bits per heavy atom. The fourth-order valence-corrected chi connectivity index (χ4v) is 3.45. The zero-order valence-corrected chi connectivity index (χ0v) is 16.0. The Balaban J connectivity index is 1.29. The van der Waals surface area contributed by atoms with Crippen molar-refractivity contribution in [3.8, 4) is 5.75 Å². The summed E-state index contributed by atoms with van der Waals surface area (Å²) < 4.78 is 11.3. The lowest BCUT2D eigenvalue weighted by atomic mass is 10.0. The van der Waals surface area contributed by atoms with Gasteiger partial charge in [0.1, 0.15) is 11.9 Å². The largest absolute Gasteiger partial charge is 0.497 e. The second kappa shape index (κ2) is 8.31. The molecule has 1 unspecified atom stereocenters. The van der Waals surface area contributed by atoms with Crippen LogP contribution < -0.4 is 15.8 Å². The number of pyridine rings is 1. The van der Waals surface area contributed by atoms with Gasteiger partial charge in [0.05, 0.1) is 7.11 Å². The van der Waals surface area contributed by atoms with Gasteiger partial charge < -0.3 is 20.5 Å². The first-order valence-electron chi connectivity index (χ1n) is 9.54. The van der Waals surface area contributed by atoms with E-state index in [1.807, 2.05) is 30.6 Å². The normalized spacial score (nSPS) is 17.1. The van der Waals surface area contributed by atoms with Crippen LogP contribution in [-0.2, 0) is 11.2 Å². The Morgan fingerprint density at radius 1 is 1.18 bits per heavy atom. The maximum Gasteiger partial charge on any atom is 0.183 e. The summed E-state index contributed by atoms with van der Waals surface area (Å²) in [5.41, 5.74) is 8.65. The van der Waals surface area contributed by atoms with Gasteiger partial charge in [0.25, 0.3) is 0 Å². The van der Waals surface area contributed by atoms with E-state index in [9.17, 15) is 0 Å². The van der Waals surface area contributed by atoms with Crippen LogP contribution in [0.4, 0.5) is 0 Å². The van der Waals surface area contributed by atoms with Crippen molar-refractivity contribution in [2.75, 3.05) is 13.7 Å². The molecule has 5 nitrogen and oxygen atoms in total. The zero-order chi connectivity index (χ0) is 19.3. The van der Waals surface area contributed by atoms with Crippen molar-refractivity contribution in [1.29, 1.82) is 0 Å². The molecule has 3 N–H and O–H groups in total. The number of nitrogens with one attached hydrogen (secondary N) is 1. The van der Waals surface area contributed by atoms with Crippen LogP contribution in [0, 0.1) is 0 Å². The van der Waals surface area contributed by atoms with Crippen molar-refractivity contribution >= 4 is 10.8 Å². The number of ether oxygens (including phenoxy) is 2. The summed E-state index contributed by atoms with van der Waals surface area (Å²) in [6.07, 6.45) is 7.49. The predicted molar refractivity (Wildman–Crippen MR) is 111 cm³/mol. The number of hydrogen-bond acceptors (Lipinski definition) is 5. The molecular formula is C23H25N3O2. The minimum atomic E-state index is 0.00473. The molecule has 2 heterocycles. The van der Waals surface area contributed by atoms with E-state index >= 15 is 0 Å². The fourth-order valence-electron chi connectivity index (χ4n) is 3.45. The third-order valence-corrected chi connectivity index (χ3v) is 5.02. The molecule has 5 heteroatoms. The van der Waals surface area contributed by atoms with E-state index in [2.05, 4.69) is 46.7 Å². The van der Waals surface area contributed by atoms with Gasteiger partial charge in [-0.2, -0.15) is 0 Å². The summed E-state index contributed by atoms with van der Waals surface area (Å²) in [5, 5.41) is 5.66. The van der Waals surface area contributed by atoms with Gasteiger partial charge in [0.2, 0.25) is 0 Å². The standard InChI is InChI=1S/C23H25N3O2/c1-27-21-6-2-16(3-7-21)12-20(24)15-26-23-9-8-22(28-23)18-4-5-19-14-25-11-10-17(19)13-18/h2-7,9-11,13-14,20,22,26H,8,12,15,24H2,1H3/t20-,22?/m0/s1. The monoisotopic (exact) mass is 375 g/mol. The van der Waals surface area contributed by atoms with Crippen molar-refractivity contribution < 1.29 is 9.47 Å². The second-order valence-corrected chi connectivity index (χ2v) is 7.09. The second-order valence-electron chi connectivity index (χ2n) is 7.09. The van der Waals surface area contributed by atoms with E-state index in [-0.39, 0.29) is 12.1 Å². The summed E-state index contributed by atoms with van der Waals surface area (Å²) in [4.78, 5) is 4.16. The minimum Gasteiger partial charge on any atom is -0.497 e. The van der Waals surface area contributed by atoms with Crippen LogP contribution in [0.5, 0.6) is 5.75 Å². The number of nitrogens with two attached hydrogens (primary N) is 1. The first kappa shape index (κ1) is 18.3. The van der Waals surface area contributed by atoms with Gasteiger partial charge in [-0.05, 0) is 53.3 Å². The van der Waals surface area contributed by atoms with Gasteiger partial charge in [0.15, 0.2) is 5.88 Å². The van der Waals surface area contributed by atoms with Crippen molar-refractivity contribution in [3.05, 3.63) is 84.0 Å². The summed E-state index contributed by atoms with van der Waals surface area (Å²) in [5.74, 6) is 1.67. The first-order chi connectivity index (χ1) is 13.7. The smallest absolute Gasteiger partial charge is 0.183 e. The molecule has 2 atom stereocenters. The molecule has 0 amide bonds. The Labute approximate surface area is 165 Å². The van der Waals surface area contributed by atoms with Crippen LogP contribution in [0.25, 0.3) is 10.8 Å². The number of hydrogen-bond donors (Lipinski definition) is 2. The van der Waals surface area contributed by atoms with Crippen LogP contribution >= 0.6 is 0 Å². The quantitative estimate of drug-likeness (QED) is 0.659. The van der Waals surface area contributed by atoms with Crippen LogP contribution in [0.2, 0.25) is 0 Å².